The van der Waals surface area contributed by atoms with E-state index in [4.69, 9.17) is 9.47 Å². The fourth-order valence-corrected chi connectivity index (χ4v) is 2.77. The van der Waals surface area contributed by atoms with Gasteiger partial charge < -0.3 is 24.6 Å². The van der Waals surface area contributed by atoms with Crippen molar-refractivity contribution < 1.29 is 19.2 Å². The van der Waals surface area contributed by atoms with E-state index in [0.29, 0.717) is 18.0 Å². The van der Waals surface area contributed by atoms with Gasteiger partial charge in [-0.3, -0.25) is 4.79 Å². The first-order chi connectivity index (χ1) is 12.9. The molecule has 0 saturated carbocycles. The molecule has 0 radical (unpaired) electrons. The number of carbonyl (C=O) groups excluding carboxylic acids is 1. The molecule has 2 aromatic carbocycles. The van der Waals surface area contributed by atoms with Gasteiger partial charge in [0.05, 0.1) is 27.7 Å². The Balaban J connectivity index is 1.90. The van der Waals surface area contributed by atoms with E-state index in [2.05, 4.69) is 48.6 Å². The summed E-state index contributed by atoms with van der Waals surface area (Å²) in [4.78, 5) is 15.5. The van der Waals surface area contributed by atoms with Crippen molar-refractivity contribution in [3.8, 4) is 11.5 Å². The van der Waals surface area contributed by atoms with Crippen molar-refractivity contribution in [3.05, 3.63) is 54.1 Å². The number of carbonyl (C=O) groups is 1. The summed E-state index contributed by atoms with van der Waals surface area (Å²) >= 11 is 0. The third kappa shape index (κ3) is 6.18. The van der Waals surface area contributed by atoms with E-state index in [0.717, 1.165) is 5.69 Å². The van der Waals surface area contributed by atoms with Gasteiger partial charge in [0.25, 0.3) is 5.91 Å². The summed E-state index contributed by atoms with van der Waals surface area (Å²) in [7, 11) is 9.81. The topological polar surface area (TPSA) is 55.2 Å². The lowest BCUT2D eigenvalue weighted by atomic mass is 10.1. The van der Waals surface area contributed by atoms with Crippen molar-refractivity contribution >= 4 is 11.6 Å². The molecule has 1 atom stereocenters. The molecular formula is C21H30N3O3+. The molecule has 0 fully saturated rings. The number of hydrogen-bond acceptors (Lipinski definition) is 4. The molecule has 1 amide bonds. The number of amides is 1. The molecule has 0 saturated heterocycles. The molecule has 0 aliphatic carbocycles. The van der Waals surface area contributed by atoms with E-state index >= 15 is 0 Å². The molecule has 0 bridgehead atoms. The predicted octanol–water partition coefficient (Wildman–Crippen LogP) is 1.14. The van der Waals surface area contributed by atoms with Gasteiger partial charge in [0.2, 0.25) is 0 Å². The molecule has 2 aromatic rings. The first-order valence-corrected chi connectivity index (χ1v) is 9.01. The molecule has 6 heteroatoms. The van der Waals surface area contributed by atoms with Crippen molar-refractivity contribution in [3.63, 3.8) is 0 Å². The van der Waals surface area contributed by atoms with Gasteiger partial charge in [0.1, 0.15) is 17.5 Å². The van der Waals surface area contributed by atoms with Gasteiger partial charge in [0, 0.05) is 31.4 Å². The smallest absolute Gasteiger partial charge is 0.258 e. The molecular weight excluding hydrogens is 342 g/mol. The zero-order valence-electron chi connectivity index (χ0n) is 16.8. The number of rotatable bonds is 9. The number of likely N-dealkylation sites (N-methyl/N-ethyl adjacent to an activating group) is 1. The van der Waals surface area contributed by atoms with E-state index in [1.165, 1.54) is 10.5 Å². The molecule has 0 heterocycles. The van der Waals surface area contributed by atoms with E-state index in [-0.39, 0.29) is 18.6 Å². The van der Waals surface area contributed by atoms with Gasteiger partial charge in [-0.1, -0.05) is 18.2 Å². The lowest BCUT2D eigenvalue weighted by Gasteiger charge is -2.23. The highest BCUT2D eigenvalue weighted by Gasteiger charge is 2.19. The summed E-state index contributed by atoms with van der Waals surface area (Å²) in [6.45, 7) is 0.520. The van der Waals surface area contributed by atoms with Gasteiger partial charge in [-0.25, -0.2) is 0 Å². The fraction of sp³-hybridized carbons (Fsp3) is 0.381. The Bertz CT molecular complexity index is 730. The molecule has 2 N–H and O–H groups in total. The Morgan fingerprint density at radius 3 is 2.37 bits per heavy atom. The van der Waals surface area contributed by atoms with Crippen molar-refractivity contribution in [2.75, 3.05) is 53.4 Å². The number of anilines is 1. The van der Waals surface area contributed by atoms with Gasteiger partial charge in [0.15, 0.2) is 6.61 Å². The lowest BCUT2D eigenvalue weighted by molar-refractivity contribution is -0.890. The third-order valence-electron chi connectivity index (χ3n) is 4.42. The van der Waals surface area contributed by atoms with Crippen LogP contribution in [0.3, 0.4) is 0 Å². The number of benzene rings is 2. The summed E-state index contributed by atoms with van der Waals surface area (Å²) in [6.07, 6.45) is 0. The zero-order chi connectivity index (χ0) is 19.8. The number of quaternary nitrogens is 1. The van der Waals surface area contributed by atoms with Crippen LogP contribution in [0.2, 0.25) is 0 Å². The first-order valence-electron chi connectivity index (χ1n) is 9.01. The lowest BCUT2D eigenvalue weighted by Crippen LogP contribution is -3.07. The molecule has 27 heavy (non-hydrogen) atoms. The van der Waals surface area contributed by atoms with Gasteiger partial charge >= 0.3 is 0 Å². The second kappa shape index (κ2) is 9.83. The molecule has 0 aromatic heterocycles. The van der Waals surface area contributed by atoms with Crippen LogP contribution in [-0.4, -0.2) is 54.4 Å². The van der Waals surface area contributed by atoms with Crippen molar-refractivity contribution in [1.82, 2.24) is 5.32 Å². The molecule has 0 aliphatic heterocycles. The summed E-state index contributed by atoms with van der Waals surface area (Å²) < 4.78 is 10.7. The van der Waals surface area contributed by atoms with Crippen LogP contribution >= 0.6 is 0 Å². The van der Waals surface area contributed by atoms with Gasteiger partial charge in [-0.15, -0.1) is 0 Å². The number of nitrogens with one attached hydrogen (secondary N) is 2. The summed E-state index contributed by atoms with van der Waals surface area (Å²) in [5.74, 6) is 1.16. The first kappa shape index (κ1) is 20.6. The Morgan fingerprint density at radius 1 is 1.11 bits per heavy atom. The average Bonchev–Trinajstić information content (AvgIpc) is 2.66. The van der Waals surface area contributed by atoms with Crippen LogP contribution in [-0.2, 0) is 4.79 Å². The van der Waals surface area contributed by atoms with Crippen molar-refractivity contribution in [1.29, 1.82) is 0 Å². The van der Waals surface area contributed by atoms with Gasteiger partial charge in [-0.2, -0.15) is 0 Å². The van der Waals surface area contributed by atoms with Crippen molar-refractivity contribution in [2.45, 2.75) is 6.04 Å². The number of nitrogens with zero attached hydrogens (tertiary/aromatic N) is 1. The Hall–Kier alpha value is -2.73. The molecule has 0 spiro atoms. The van der Waals surface area contributed by atoms with Crippen molar-refractivity contribution in [2.24, 2.45) is 0 Å². The monoisotopic (exact) mass is 372 g/mol. The highest BCUT2D eigenvalue weighted by Crippen LogP contribution is 2.19. The van der Waals surface area contributed by atoms with E-state index in [1.807, 2.05) is 26.2 Å². The minimum absolute atomic E-state index is 0.0256. The van der Waals surface area contributed by atoms with Crippen LogP contribution < -0.4 is 24.6 Å². The predicted molar refractivity (Wildman–Crippen MR) is 108 cm³/mol. The quantitative estimate of drug-likeness (QED) is 0.693. The largest absolute Gasteiger partial charge is 0.497 e. The highest BCUT2D eigenvalue weighted by atomic mass is 16.5. The minimum Gasteiger partial charge on any atom is -0.497 e. The Labute approximate surface area is 161 Å². The Morgan fingerprint density at radius 2 is 1.78 bits per heavy atom. The van der Waals surface area contributed by atoms with Crippen LogP contribution in [0.25, 0.3) is 0 Å². The van der Waals surface area contributed by atoms with Crippen LogP contribution in [0.1, 0.15) is 11.6 Å². The maximum absolute atomic E-state index is 12.2. The zero-order valence-corrected chi connectivity index (χ0v) is 16.8. The van der Waals surface area contributed by atoms with E-state index in [1.54, 1.807) is 19.2 Å². The highest BCUT2D eigenvalue weighted by molar-refractivity contribution is 5.77. The molecule has 0 unspecified atom stereocenters. The maximum Gasteiger partial charge on any atom is 0.258 e. The average molecular weight is 372 g/mol. The van der Waals surface area contributed by atoms with Crippen LogP contribution in [0.15, 0.2) is 48.5 Å². The molecule has 0 aliphatic rings. The van der Waals surface area contributed by atoms with Crippen LogP contribution in [0, 0.1) is 0 Å². The second-order valence-corrected chi connectivity index (χ2v) is 6.89. The maximum atomic E-state index is 12.2. The summed E-state index contributed by atoms with van der Waals surface area (Å²) in [6, 6.07) is 15.8. The fourth-order valence-electron chi connectivity index (χ4n) is 2.77. The SMILES string of the molecule is COc1cccc(OCC(=O)NC[C@H](c2ccc(N(C)C)cc2)[NH+](C)C)c1. The van der Waals surface area contributed by atoms with Crippen LogP contribution in [0.5, 0.6) is 11.5 Å². The van der Waals surface area contributed by atoms with Crippen LogP contribution in [0.4, 0.5) is 5.69 Å². The molecule has 6 nitrogen and oxygen atoms in total. The molecule has 2 rings (SSSR count). The summed E-state index contributed by atoms with van der Waals surface area (Å²) in [5, 5.41) is 2.97. The van der Waals surface area contributed by atoms with E-state index in [9.17, 15) is 4.79 Å². The third-order valence-corrected chi connectivity index (χ3v) is 4.42. The summed E-state index contributed by atoms with van der Waals surface area (Å²) in [5.41, 5.74) is 2.34. The number of hydrogen-bond donors (Lipinski definition) is 2. The normalized spacial score (nSPS) is 11.8. The Kier molecular flexibility index (Phi) is 7.49. The number of methoxy groups -OCH3 is 1. The second-order valence-electron chi connectivity index (χ2n) is 6.89. The molecule has 146 valence electrons. The minimum atomic E-state index is -0.144. The standard InChI is InChI=1S/C21H29N3O3/c1-23(2)17-11-9-16(10-12-17)20(24(3)4)14-22-21(25)15-27-19-8-6-7-18(13-19)26-5/h6-13,20H,14-15H2,1-5H3,(H,22,25)/p+1/t20-/m1/s1. The number of ether oxygens (including phenoxy) is 2. The van der Waals surface area contributed by atoms with Gasteiger partial charge in [-0.05, 0) is 24.3 Å². The van der Waals surface area contributed by atoms with E-state index < -0.39 is 0 Å².